The maximum absolute atomic E-state index is 12.8. The zero-order valence-corrected chi connectivity index (χ0v) is 15.6. The summed E-state index contributed by atoms with van der Waals surface area (Å²) in [6.07, 6.45) is 0.634. The van der Waals surface area contributed by atoms with Gasteiger partial charge < -0.3 is 19.6 Å². The quantitative estimate of drug-likeness (QED) is 0.650. The second-order valence-corrected chi connectivity index (χ2v) is 6.58. The molecule has 0 unspecified atom stereocenters. The monoisotopic (exact) mass is 382 g/mol. The summed E-state index contributed by atoms with van der Waals surface area (Å²) in [4.78, 5) is 40.0. The van der Waals surface area contributed by atoms with Crippen LogP contribution in [0.15, 0.2) is 48.5 Å². The molecule has 0 spiro atoms. The maximum atomic E-state index is 12.8. The minimum absolute atomic E-state index is 0.0491. The first kappa shape index (κ1) is 19.4. The van der Waals surface area contributed by atoms with Gasteiger partial charge in [-0.15, -0.1) is 0 Å². The number of rotatable bonds is 3. The van der Waals surface area contributed by atoms with Crippen molar-refractivity contribution in [1.82, 2.24) is 9.80 Å². The molecule has 1 N–H and O–H groups in total. The van der Waals surface area contributed by atoms with E-state index in [-0.39, 0.29) is 23.1 Å². The van der Waals surface area contributed by atoms with Crippen molar-refractivity contribution in [3.05, 3.63) is 59.7 Å². The van der Waals surface area contributed by atoms with E-state index in [1.165, 1.54) is 13.0 Å². The predicted molar refractivity (Wildman–Crippen MR) is 102 cm³/mol. The molecule has 1 aliphatic heterocycles. The van der Waals surface area contributed by atoms with Crippen LogP contribution in [-0.4, -0.2) is 58.9 Å². The van der Waals surface area contributed by atoms with Crippen molar-refractivity contribution in [2.24, 2.45) is 0 Å². The Morgan fingerprint density at radius 3 is 2.25 bits per heavy atom. The number of nitrogens with zero attached hydrogens (tertiary/aromatic N) is 2. The molecule has 1 fully saturated rings. The molecule has 2 aromatic carbocycles. The molecule has 146 valence electrons. The van der Waals surface area contributed by atoms with E-state index in [1.54, 1.807) is 52.3 Å². The lowest BCUT2D eigenvalue weighted by atomic mass is 10.1. The fourth-order valence-corrected chi connectivity index (χ4v) is 3.19. The standard InChI is InChI=1S/C21H22N2O5/c1-15(24)28-17-7-4-6-16(14-17)20(26)22-10-5-11-23(13-12-22)21(27)18-8-2-3-9-19(18)25/h2-4,6-9,14,25H,5,10-13H2,1H3. The van der Waals surface area contributed by atoms with Crippen molar-refractivity contribution in [2.75, 3.05) is 26.2 Å². The summed E-state index contributed by atoms with van der Waals surface area (Å²) < 4.78 is 5.04. The van der Waals surface area contributed by atoms with Gasteiger partial charge in [0.1, 0.15) is 11.5 Å². The lowest BCUT2D eigenvalue weighted by molar-refractivity contribution is -0.131. The number of phenols is 1. The van der Waals surface area contributed by atoms with E-state index in [4.69, 9.17) is 4.74 Å². The maximum Gasteiger partial charge on any atom is 0.308 e. The van der Waals surface area contributed by atoms with Crippen LogP contribution in [0.2, 0.25) is 0 Å². The highest BCUT2D eigenvalue weighted by atomic mass is 16.5. The smallest absolute Gasteiger partial charge is 0.308 e. The number of esters is 1. The number of aromatic hydroxyl groups is 1. The highest BCUT2D eigenvalue weighted by molar-refractivity contribution is 5.97. The highest BCUT2D eigenvalue weighted by Crippen LogP contribution is 2.20. The van der Waals surface area contributed by atoms with Crippen molar-refractivity contribution < 1.29 is 24.2 Å². The summed E-state index contributed by atoms with van der Waals surface area (Å²) in [5, 5.41) is 9.91. The lowest BCUT2D eigenvalue weighted by Crippen LogP contribution is -2.37. The van der Waals surface area contributed by atoms with E-state index in [1.807, 2.05) is 0 Å². The summed E-state index contributed by atoms with van der Waals surface area (Å²) in [5.41, 5.74) is 0.690. The Labute approximate surface area is 163 Å². The van der Waals surface area contributed by atoms with Crippen LogP contribution in [0.25, 0.3) is 0 Å². The van der Waals surface area contributed by atoms with E-state index in [0.29, 0.717) is 43.9 Å². The van der Waals surface area contributed by atoms with E-state index in [2.05, 4.69) is 0 Å². The summed E-state index contributed by atoms with van der Waals surface area (Å²) in [5.74, 6) is -0.593. The third kappa shape index (κ3) is 4.49. The molecule has 28 heavy (non-hydrogen) atoms. The summed E-state index contributed by atoms with van der Waals surface area (Å²) in [6.45, 7) is 3.09. The molecule has 7 heteroatoms. The molecule has 2 aromatic rings. The molecular weight excluding hydrogens is 360 g/mol. The van der Waals surface area contributed by atoms with Crippen LogP contribution in [-0.2, 0) is 4.79 Å². The van der Waals surface area contributed by atoms with Gasteiger partial charge in [0, 0.05) is 38.7 Å². The van der Waals surface area contributed by atoms with Crippen molar-refractivity contribution in [3.8, 4) is 11.5 Å². The van der Waals surface area contributed by atoms with Crippen LogP contribution in [0, 0.1) is 0 Å². The number of carbonyl (C=O) groups excluding carboxylic acids is 3. The first-order valence-electron chi connectivity index (χ1n) is 9.11. The lowest BCUT2D eigenvalue weighted by Gasteiger charge is -2.22. The molecule has 0 bridgehead atoms. The van der Waals surface area contributed by atoms with Gasteiger partial charge in [-0.05, 0) is 36.8 Å². The number of hydrogen-bond acceptors (Lipinski definition) is 5. The van der Waals surface area contributed by atoms with E-state index < -0.39 is 5.97 Å². The van der Waals surface area contributed by atoms with Gasteiger partial charge in [-0.25, -0.2) is 0 Å². The Kier molecular flexibility index (Phi) is 5.93. The number of benzene rings is 2. The Balaban J connectivity index is 1.68. The molecule has 0 atom stereocenters. The van der Waals surface area contributed by atoms with E-state index >= 15 is 0 Å². The van der Waals surface area contributed by atoms with Crippen LogP contribution in [0.3, 0.4) is 0 Å². The van der Waals surface area contributed by atoms with Crippen LogP contribution < -0.4 is 4.74 Å². The van der Waals surface area contributed by atoms with Crippen LogP contribution in [0.4, 0.5) is 0 Å². The number of carbonyl (C=O) groups is 3. The van der Waals surface area contributed by atoms with Crippen molar-refractivity contribution >= 4 is 17.8 Å². The van der Waals surface area contributed by atoms with Crippen LogP contribution in [0.5, 0.6) is 11.5 Å². The van der Waals surface area contributed by atoms with Gasteiger partial charge in [-0.3, -0.25) is 14.4 Å². The third-order valence-electron chi connectivity index (χ3n) is 4.55. The Morgan fingerprint density at radius 2 is 1.57 bits per heavy atom. The number of hydrogen-bond donors (Lipinski definition) is 1. The second kappa shape index (κ2) is 8.56. The van der Waals surface area contributed by atoms with Crippen LogP contribution in [0.1, 0.15) is 34.1 Å². The fraction of sp³-hybridized carbons (Fsp3) is 0.286. The van der Waals surface area contributed by atoms with Crippen molar-refractivity contribution in [1.29, 1.82) is 0 Å². The Bertz CT molecular complexity index is 896. The molecule has 0 radical (unpaired) electrons. The van der Waals surface area contributed by atoms with Crippen LogP contribution >= 0.6 is 0 Å². The molecule has 0 aromatic heterocycles. The zero-order chi connectivity index (χ0) is 20.1. The van der Waals surface area contributed by atoms with Gasteiger partial charge in [0.05, 0.1) is 5.56 Å². The molecule has 1 aliphatic rings. The third-order valence-corrected chi connectivity index (χ3v) is 4.55. The number of para-hydroxylation sites is 1. The van der Waals surface area contributed by atoms with Gasteiger partial charge in [-0.2, -0.15) is 0 Å². The summed E-state index contributed by atoms with van der Waals surface area (Å²) in [6, 6.07) is 12.9. The fourth-order valence-electron chi connectivity index (χ4n) is 3.19. The van der Waals surface area contributed by atoms with Gasteiger partial charge in [0.2, 0.25) is 0 Å². The largest absolute Gasteiger partial charge is 0.507 e. The topological polar surface area (TPSA) is 87.2 Å². The van der Waals surface area contributed by atoms with Gasteiger partial charge in [0.15, 0.2) is 0 Å². The van der Waals surface area contributed by atoms with Gasteiger partial charge >= 0.3 is 5.97 Å². The van der Waals surface area contributed by atoms with Crippen molar-refractivity contribution in [2.45, 2.75) is 13.3 Å². The molecule has 0 saturated carbocycles. The minimum atomic E-state index is -0.447. The summed E-state index contributed by atoms with van der Waals surface area (Å²) >= 11 is 0. The normalized spacial score (nSPS) is 14.3. The number of ether oxygens (including phenoxy) is 1. The predicted octanol–water partition coefficient (Wildman–Crippen LogP) is 2.31. The first-order chi connectivity index (χ1) is 13.5. The molecule has 1 heterocycles. The molecular formula is C21H22N2O5. The number of amides is 2. The van der Waals surface area contributed by atoms with Crippen molar-refractivity contribution in [3.63, 3.8) is 0 Å². The first-order valence-corrected chi connectivity index (χ1v) is 9.11. The molecule has 7 nitrogen and oxygen atoms in total. The highest BCUT2D eigenvalue weighted by Gasteiger charge is 2.25. The zero-order valence-electron chi connectivity index (χ0n) is 15.6. The average Bonchev–Trinajstić information content (AvgIpc) is 2.93. The number of phenolic OH excluding ortho intramolecular Hbond substituents is 1. The van der Waals surface area contributed by atoms with Gasteiger partial charge in [0.25, 0.3) is 11.8 Å². The van der Waals surface area contributed by atoms with E-state index in [0.717, 1.165) is 0 Å². The Morgan fingerprint density at radius 1 is 0.893 bits per heavy atom. The summed E-state index contributed by atoms with van der Waals surface area (Å²) in [7, 11) is 0. The average molecular weight is 382 g/mol. The van der Waals surface area contributed by atoms with E-state index in [9.17, 15) is 19.5 Å². The van der Waals surface area contributed by atoms with Gasteiger partial charge in [-0.1, -0.05) is 18.2 Å². The second-order valence-electron chi connectivity index (χ2n) is 6.58. The Hall–Kier alpha value is -3.35. The minimum Gasteiger partial charge on any atom is -0.507 e. The SMILES string of the molecule is CC(=O)Oc1cccc(C(=O)N2CCCN(C(=O)c3ccccc3O)CC2)c1. The molecule has 0 aliphatic carbocycles. The molecule has 2 amide bonds. The molecule has 3 rings (SSSR count). The molecule has 1 saturated heterocycles.